The van der Waals surface area contributed by atoms with E-state index in [-0.39, 0.29) is 5.91 Å². The van der Waals surface area contributed by atoms with Crippen molar-refractivity contribution < 1.29 is 14.6 Å². The summed E-state index contributed by atoms with van der Waals surface area (Å²) in [5.41, 5.74) is 0.579. The lowest BCUT2D eigenvalue weighted by atomic mass is 9.99. The quantitative estimate of drug-likeness (QED) is 0.656. The number of aromatic nitrogens is 1. The Balaban J connectivity index is 2.53. The van der Waals surface area contributed by atoms with E-state index in [0.29, 0.717) is 37.1 Å². The van der Waals surface area contributed by atoms with E-state index in [1.165, 1.54) is 6.92 Å². The minimum absolute atomic E-state index is 0.0971. The number of aliphatic hydroxyl groups is 1. The van der Waals surface area contributed by atoms with Crippen LogP contribution in [-0.2, 0) is 4.79 Å². The van der Waals surface area contributed by atoms with Gasteiger partial charge in [-0.1, -0.05) is 32.8 Å². The fourth-order valence-corrected chi connectivity index (χ4v) is 2.56. The lowest BCUT2D eigenvalue weighted by Gasteiger charge is -2.16. The zero-order valence-electron chi connectivity index (χ0n) is 14.5. The van der Waals surface area contributed by atoms with Crippen molar-refractivity contribution in [1.29, 1.82) is 0 Å². The van der Waals surface area contributed by atoms with E-state index in [4.69, 9.17) is 4.74 Å². The third-order valence-corrected chi connectivity index (χ3v) is 3.74. The molecule has 0 radical (unpaired) electrons. The highest BCUT2D eigenvalue weighted by molar-refractivity contribution is 5.72. The van der Waals surface area contributed by atoms with Gasteiger partial charge in [0.05, 0.1) is 18.4 Å². The molecule has 1 aromatic heterocycles. The van der Waals surface area contributed by atoms with E-state index >= 15 is 0 Å². The van der Waals surface area contributed by atoms with Gasteiger partial charge in [0.1, 0.15) is 0 Å². The molecule has 0 aliphatic heterocycles. The van der Waals surface area contributed by atoms with Gasteiger partial charge < -0.3 is 15.2 Å². The van der Waals surface area contributed by atoms with Crippen LogP contribution in [0.1, 0.15) is 64.7 Å². The summed E-state index contributed by atoms with van der Waals surface area (Å²) in [7, 11) is 0. The van der Waals surface area contributed by atoms with Crippen LogP contribution in [0.15, 0.2) is 18.2 Å². The van der Waals surface area contributed by atoms with Crippen LogP contribution in [0.2, 0.25) is 0 Å². The molecule has 130 valence electrons. The van der Waals surface area contributed by atoms with Crippen LogP contribution >= 0.6 is 0 Å². The first-order valence-electron chi connectivity index (χ1n) is 8.59. The first-order chi connectivity index (χ1) is 11.1. The van der Waals surface area contributed by atoms with Crippen LogP contribution in [-0.4, -0.2) is 29.1 Å². The predicted octanol–water partition coefficient (Wildman–Crippen LogP) is 3.24. The molecule has 1 amide bonds. The molecule has 5 heteroatoms. The second kappa shape index (κ2) is 11.0. The Kier molecular flexibility index (Phi) is 9.29. The number of aliphatic hydroxyl groups excluding tert-OH is 1. The van der Waals surface area contributed by atoms with Gasteiger partial charge in [-0.05, 0) is 31.2 Å². The highest BCUT2D eigenvalue weighted by Gasteiger charge is 2.12. The molecule has 23 heavy (non-hydrogen) atoms. The van der Waals surface area contributed by atoms with Crippen LogP contribution in [0.25, 0.3) is 0 Å². The van der Waals surface area contributed by atoms with E-state index in [0.717, 1.165) is 25.7 Å². The zero-order chi connectivity index (χ0) is 17.1. The summed E-state index contributed by atoms with van der Waals surface area (Å²) in [6.45, 7) is 6.93. The van der Waals surface area contributed by atoms with Crippen molar-refractivity contribution in [3.8, 4) is 5.88 Å². The minimum Gasteiger partial charge on any atom is -0.477 e. The molecule has 1 heterocycles. The molecule has 5 nitrogen and oxygen atoms in total. The summed E-state index contributed by atoms with van der Waals surface area (Å²) < 4.78 is 5.81. The van der Waals surface area contributed by atoms with Gasteiger partial charge in [-0.2, -0.15) is 0 Å². The summed E-state index contributed by atoms with van der Waals surface area (Å²) in [6.07, 6.45) is 4.36. The van der Waals surface area contributed by atoms with Crippen molar-refractivity contribution in [1.82, 2.24) is 10.3 Å². The average Bonchev–Trinajstić information content (AvgIpc) is 2.53. The van der Waals surface area contributed by atoms with Crippen molar-refractivity contribution in [2.75, 3.05) is 13.2 Å². The van der Waals surface area contributed by atoms with E-state index in [9.17, 15) is 9.90 Å². The number of ether oxygens (including phenoxy) is 1. The van der Waals surface area contributed by atoms with Crippen molar-refractivity contribution in [3.05, 3.63) is 23.9 Å². The molecule has 0 fully saturated rings. The number of pyridine rings is 1. The molecule has 0 bridgehead atoms. The molecular weight excluding hydrogens is 292 g/mol. The number of rotatable bonds is 11. The first kappa shape index (κ1) is 19.4. The van der Waals surface area contributed by atoms with Gasteiger partial charge in [-0.3, -0.25) is 4.79 Å². The van der Waals surface area contributed by atoms with E-state index < -0.39 is 6.10 Å². The lowest BCUT2D eigenvalue weighted by Crippen LogP contribution is -2.22. The van der Waals surface area contributed by atoms with Gasteiger partial charge in [0.15, 0.2) is 0 Å². The van der Waals surface area contributed by atoms with Gasteiger partial charge >= 0.3 is 0 Å². The summed E-state index contributed by atoms with van der Waals surface area (Å²) in [4.78, 5) is 15.2. The number of nitrogens with one attached hydrogen (secondary N) is 1. The van der Waals surface area contributed by atoms with Crippen LogP contribution in [0, 0.1) is 5.92 Å². The van der Waals surface area contributed by atoms with Crippen molar-refractivity contribution in [2.24, 2.45) is 5.92 Å². The zero-order valence-corrected chi connectivity index (χ0v) is 14.5. The molecule has 0 saturated heterocycles. The molecule has 1 rings (SSSR count). The maximum absolute atomic E-state index is 10.8. The van der Waals surface area contributed by atoms with Gasteiger partial charge in [0.2, 0.25) is 11.8 Å². The molecule has 0 aliphatic rings. The van der Waals surface area contributed by atoms with Crippen molar-refractivity contribution in [3.63, 3.8) is 0 Å². The fraction of sp³-hybridized carbons (Fsp3) is 0.667. The maximum atomic E-state index is 10.8. The van der Waals surface area contributed by atoms with E-state index in [1.807, 2.05) is 12.1 Å². The van der Waals surface area contributed by atoms with Crippen molar-refractivity contribution in [2.45, 2.75) is 59.0 Å². The second-order valence-electron chi connectivity index (χ2n) is 5.94. The van der Waals surface area contributed by atoms with Gasteiger partial charge in [0.25, 0.3) is 0 Å². The molecule has 0 spiro atoms. The predicted molar refractivity (Wildman–Crippen MR) is 91.3 cm³/mol. The van der Waals surface area contributed by atoms with Gasteiger partial charge in [0, 0.05) is 19.5 Å². The number of hydrogen-bond donors (Lipinski definition) is 2. The molecule has 0 aliphatic carbocycles. The third kappa shape index (κ3) is 7.98. The number of nitrogens with zero attached hydrogens (tertiary/aromatic N) is 1. The standard InChI is InChI=1S/C18H30N2O3/c1-4-7-15(8-5-2)13-23-18-10-6-9-16(20-18)17(22)11-12-19-14(3)21/h6,9-10,15,17,22H,4-5,7-8,11-13H2,1-3H3,(H,19,21). The number of amides is 1. The van der Waals surface area contributed by atoms with Gasteiger partial charge in [-0.15, -0.1) is 0 Å². The molecule has 1 aromatic rings. The number of hydrogen-bond acceptors (Lipinski definition) is 4. The largest absolute Gasteiger partial charge is 0.477 e. The third-order valence-electron chi connectivity index (χ3n) is 3.74. The molecule has 0 saturated carbocycles. The molecule has 1 atom stereocenters. The first-order valence-corrected chi connectivity index (χ1v) is 8.59. The Morgan fingerprint density at radius 3 is 2.57 bits per heavy atom. The van der Waals surface area contributed by atoms with Crippen LogP contribution in [0.5, 0.6) is 5.88 Å². The topological polar surface area (TPSA) is 71.5 Å². The molecule has 0 aromatic carbocycles. The SMILES string of the molecule is CCCC(CCC)COc1cccc(C(O)CCNC(C)=O)n1. The Labute approximate surface area is 139 Å². The smallest absolute Gasteiger partial charge is 0.216 e. The summed E-state index contributed by atoms with van der Waals surface area (Å²) >= 11 is 0. The van der Waals surface area contributed by atoms with E-state index in [2.05, 4.69) is 24.1 Å². The summed E-state index contributed by atoms with van der Waals surface area (Å²) in [6, 6.07) is 5.44. The minimum atomic E-state index is -0.701. The Bertz CT molecular complexity index is 459. The second-order valence-corrected chi connectivity index (χ2v) is 5.94. The van der Waals surface area contributed by atoms with Crippen LogP contribution in [0.4, 0.5) is 0 Å². The monoisotopic (exact) mass is 322 g/mol. The number of carbonyl (C=O) groups is 1. The van der Waals surface area contributed by atoms with Crippen LogP contribution < -0.4 is 10.1 Å². The molecule has 1 unspecified atom stereocenters. The molecule has 2 N–H and O–H groups in total. The Morgan fingerprint density at radius 1 is 1.26 bits per heavy atom. The molecular formula is C18H30N2O3. The van der Waals surface area contributed by atoms with E-state index in [1.54, 1.807) is 6.07 Å². The van der Waals surface area contributed by atoms with Gasteiger partial charge in [-0.25, -0.2) is 4.98 Å². The highest BCUT2D eigenvalue weighted by atomic mass is 16.5. The number of carbonyl (C=O) groups excluding carboxylic acids is 1. The highest BCUT2D eigenvalue weighted by Crippen LogP contribution is 2.19. The summed E-state index contributed by atoms with van der Waals surface area (Å²) in [5, 5.41) is 12.8. The Morgan fingerprint density at radius 2 is 1.96 bits per heavy atom. The van der Waals surface area contributed by atoms with Crippen LogP contribution in [0.3, 0.4) is 0 Å². The average molecular weight is 322 g/mol. The van der Waals surface area contributed by atoms with Crippen molar-refractivity contribution >= 4 is 5.91 Å². The fourth-order valence-electron chi connectivity index (χ4n) is 2.56. The summed E-state index contributed by atoms with van der Waals surface area (Å²) in [5.74, 6) is 1.01. The maximum Gasteiger partial charge on any atom is 0.216 e. The lowest BCUT2D eigenvalue weighted by molar-refractivity contribution is -0.119. The normalized spacial score (nSPS) is 12.2. The Hall–Kier alpha value is -1.62.